The molecule has 3 amide bonds. The number of amides is 3. The molecule has 0 bridgehead atoms. The fourth-order valence-corrected chi connectivity index (χ4v) is 2.20. The van der Waals surface area contributed by atoms with Crippen molar-refractivity contribution in [1.82, 2.24) is 5.32 Å². The van der Waals surface area contributed by atoms with Crippen LogP contribution in [0.1, 0.15) is 11.6 Å². The van der Waals surface area contributed by atoms with Crippen molar-refractivity contribution >= 4 is 23.3 Å². The van der Waals surface area contributed by atoms with E-state index in [0.29, 0.717) is 16.9 Å². The summed E-state index contributed by atoms with van der Waals surface area (Å²) in [5, 5.41) is 7.74. The van der Waals surface area contributed by atoms with E-state index in [9.17, 15) is 14.0 Å². The molecule has 0 radical (unpaired) electrons. The van der Waals surface area contributed by atoms with Crippen LogP contribution >= 0.6 is 0 Å². The van der Waals surface area contributed by atoms with Gasteiger partial charge in [0.1, 0.15) is 11.9 Å². The molecule has 0 fully saturated rings. The van der Waals surface area contributed by atoms with Crippen molar-refractivity contribution in [1.29, 1.82) is 0 Å². The first-order valence-electron chi connectivity index (χ1n) is 6.36. The van der Waals surface area contributed by atoms with Crippen molar-refractivity contribution in [2.45, 2.75) is 6.04 Å². The van der Waals surface area contributed by atoms with Gasteiger partial charge in [0.25, 0.3) is 5.91 Å². The number of nitrogens with one attached hydrogen (secondary N) is 3. The second kappa shape index (κ2) is 5.24. The van der Waals surface area contributed by atoms with Gasteiger partial charge in [0.15, 0.2) is 0 Å². The maximum Gasteiger partial charge on any atom is 0.320 e. The molecule has 6 heteroatoms. The van der Waals surface area contributed by atoms with Gasteiger partial charge in [-0.15, -0.1) is 0 Å². The fraction of sp³-hybridized carbons (Fsp3) is 0.0667. The van der Waals surface area contributed by atoms with Gasteiger partial charge in [0.05, 0.1) is 0 Å². The Morgan fingerprint density at radius 2 is 1.90 bits per heavy atom. The smallest absolute Gasteiger partial charge is 0.320 e. The number of hydrogen-bond acceptors (Lipinski definition) is 2. The first-order chi connectivity index (χ1) is 10.1. The Morgan fingerprint density at radius 3 is 2.67 bits per heavy atom. The number of carbonyl (C=O) groups is 2. The molecule has 21 heavy (non-hydrogen) atoms. The summed E-state index contributed by atoms with van der Waals surface area (Å²) in [5.74, 6) is -0.848. The molecule has 106 valence electrons. The van der Waals surface area contributed by atoms with Crippen molar-refractivity contribution in [3.63, 3.8) is 0 Å². The molecule has 2 aromatic carbocycles. The Hall–Kier alpha value is -2.89. The summed E-state index contributed by atoms with van der Waals surface area (Å²) in [6.07, 6.45) is 0. The van der Waals surface area contributed by atoms with Crippen LogP contribution in [0.15, 0.2) is 48.5 Å². The summed E-state index contributed by atoms with van der Waals surface area (Å²) in [6, 6.07) is 11.4. The van der Waals surface area contributed by atoms with E-state index in [-0.39, 0.29) is 5.91 Å². The lowest BCUT2D eigenvalue weighted by atomic mass is 10.1. The van der Waals surface area contributed by atoms with E-state index in [2.05, 4.69) is 16.0 Å². The van der Waals surface area contributed by atoms with Crippen molar-refractivity contribution in [3.8, 4) is 0 Å². The molecule has 0 aliphatic carbocycles. The Kier molecular flexibility index (Phi) is 3.27. The van der Waals surface area contributed by atoms with Crippen LogP contribution in [0.4, 0.5) is 20.6 Å². The number of halogens is 1. The fourth-order valence-electron chi connectivity index (χ4n) is 2.20. The quantitative estimate of drug-likeness (QED) is 0.794. The van der Waals surface area contributed by atoms with Crippen molar-refractivity contribution in [3.05, 3.63) is 59.9 Å². The van der Waals surface area contributed by atoms with Crippen LogP contribution in [0.3, 0.4) is 0 Å². The largest absolute Gasteiger partial charge is 0.324 e. The van der Waals surface area contributed by atoms with Gasteiger partial charge >= 0.3 is 6.03 Å². The highest BCUT2D eigenvalue weighted by molar-refractivity contribution is 6.05. The molecule has 0 spiro atoms. The minimum Gasteiger partial charge on any atom is -0.324 e. The van der Waals surface area contributed by atoms with Gasteiger partial charge in [0.2, 0.25) is 0 Å². The average Bonchev–Trinajstić information content (AvgIpc) is 2.76. The molecule has 1 unspecified atom stereocenters. The van der Waals surface area contributed by atoms with Crippen LogP contribution in [0.2, 0.25) is 0 Å². The van der Waals surface area contributed by atoms with Gasteiger partial charge in [-0.3, -0.25) is 4.79 Å². The van der Waals surface area contributed by atoms with Gasteiger partial charge in [-0.25, -0.2) is 9.18 Å². The second-order valence-corrected chi connectivity index (χ2v) is 4.62. The number of para-hydroxylation sites is 1. The van der Waals surface area contributed by atoms with Crippen molar-refractivity contribution in [2.24, 2.45) is 0 Å². The van der Waals surface area contributed by atoms with Crippen LogP contribution in [-0.4, -0.2) is 11.9 Å². The third-order valence-electron chi connectivity index (χ3n) is 3.15. The van der Waals surface area contributed by atoms with Crippen LogP contribution in [-0.2, 0) is 4.79 Å². The van der Waals surface area contributed by atoms with Crippen molar-refractivity contribution in [2.75, 3.05) is 10.6 Å². The minimum atomic E-state index is -0.903. The number of rotatable bonds is 2. The predicted molar refractivity (Wildman–Crippen MR) is 76.4 cm³/mol. The monoisotopic (exact) mass is 285 g/mol. The number of urea groups is 1. The van der Waals surface area contributed by atoms with E-state index in [4.69, 9.17) is 0 Å². The predicted octanol–water partition coefficient (Wildman–Crippen LogP) is 2.64. The molecule has 2 aromatic rings. The third kappa shape index (κ3) is 2.69. The van der Waals surface area contributed by atoms with Crippen molar-refractivity contribution < 1.29 is 14.0 Å². The standard InChI is InChI=1S/C15H12FN3O2/c16-9-6-7-12-11(8-9)13(14(20)18-12)19-15(21)17-10-4-2-1-3-5-10/h1-8,13H,(H,18,20)(H2,17,19,21). The van der Waals surface area contributed by atoms with Gasteiger partial charge in [0, 0.05) is 16.9 Å². The molecule has 3 N–H and O–H groups in total. The van der Waals surface area contributed by atoms with Gasteiger partial charge in [-0.1, -0.05) is 18.2 Å². The maximum absolute atomic E-state index is 13.3. The molecule has 0 saturated carbocycles. The number of anilines is 2. The Balaban J connectivity index is 1.75. The number of carbonyl (C=O) groups excluding carboxylic acids is 2. The number of hydrogen-bond donors (Lipinski definition) is 3. The zero-order valence-corrected chi connectivity index (χ0v) is 10.9. The molecule has 0 aromatic heterocycles. The van der Waals surface area contributed by atoms with E-state index in [0.717, 1.165) is 0 Å². The van der Waals surface area contributed by atoms with E-state index in [1.807, 2.05) is 6.07 Å². The van der Waals surface area contributed by atoms with Gasteiger partial charge < -0.3 is 16.0 Å². The SMILES string of the molecule is O=C(Nc1ccccc1)NC1C(=O)Nc2ccc(F)cc21. The second-order valence-electron chi connectivity index (χ2n) is 4.62. The molecule has 3 rings (SSSR count). The van der Waals surface area contributed by atoms with Crippen LogP contribution < -0.4 is 16.0 Å². The van der Waals surface area contributed by atoms with Crippen LogP contribution in [0, 0.1) is 5.82 Å². The average molecular weight is 285 g/mol. The van der Waals surface area contributed by atoms with E-state index < -0.39 is 17.9 Å². The molecular weight excluding hydrogens is 273 g/mol. The zero-order valence-electron chi connectivity index (χ0n) is 10.9. The summed E-state index contributed by atoms with van der Waals surface area (Å²) >= 11 is 0. The summed E-state index contributed by atoms with van der Waals surface area (Å²) < 4.78 is 13.3. The van der Waals surface area contributed by atoms with Gasteiger partial charge in [-0.2, -0.15) is 0 Å². The lowest BCUT2D eigenvalue weighted by molar-refractivity contribution is -0.117. The molecule has 0 saturated heterocycles. The summed E-state index contributed by atoms with van der Waals surface area (Å²) in [7, 11) is 0. The highest BCUT2D eigenvalue weighted by atomic mass is 19.1. The first-order valence-corrected chi connectivity index (χ1v) is 6.36. The lowest BCUT2D eigenvalue weighted by Gasteiger charge is -2.12. The molecule has 1 aliphatic rings. The van der Waals surface area contributed by atoms with Crippen LogP contribution in [0.25, 0.3) is 0 Å². The third-order valence-corrected chi connectivity index (χ3v) is 3.15. The molecular formula is C15H12FN3O2. The molecule has 1 atom stereocenters. The highest BCUT2D eigenvalue weighted by Gasteiger charge is 2.32. The zero-order chi connectivity index (χ0) is 14.8. The Morgan fingerprint density at radius 1 is 1.14 bits per heavy atom. The normalized spacial score (nSPS) is 16.0. The first kappa shape index (κ1) is 13.1. The highest BCUT2D eigenvalue weighted by Crippen LogP contribution is 2.31. The summed E-state index contributed by atoms with van der Waals surface area (Å²) in [6.45, 7) is 0. The van der Waals surface area contributed by atoms with E-state index in [1.54, 1.807) is 24.3 Å². The maximum atomic E-state index is 13.3. The van der Waals surface area contributed by atoms with E-state index in [1.165, 1.54) is 18.2 Å². The topological polar surface area (TPSA) is 70.2 Å². The number of fused-ring (bicyclic) bond motifs is 1. The lowest BCUT2D eigenvalue weighted by Crippen LogP contribution is -2.36. The number of benzene rings is 2. The summed E-state index contributed by atoms with van der Waals surface area (Å²) in [4.78, 5) is 23.8. The van der Waals surface area contributed by atoms with E-state index >= 15 is 0 Å². The molecule has 1 heterocycles. The van der Waals surface area contributed by atoms with Crippen LogP contribution in [0.5, 0.6) is 0 Å². The molecule has 1 aliphatic heterocycles. The van der Waals surface area contributed by atoms with Gasteiger partial charge in [-0.05, 0) is 30.3 Å². The summed E-state index contributed by atoms with van der Waals surface area (Å²) in [5.41, 5.74) is 1.53. The molecule has 5 nitrogen and oxygen atoms in total. The Bertz CT molecular complexity index is 703. The minimum absolute atomic E-state index is 0.390. The Labute approximate surface area is 120 Å².